The third kappa shape index (κ3) is 2.33. The van der Waals surface area contributed by atoms with E-state index in [1.165, 1.54) is 31.2 Å². The zero-order valence-electron chi connectivity index (χ0n) is 13.8. The van der Waals surface area contributed by atoms with Gasteiger partial charge in [-0.15, -0.1) is 0 Å². The average molecular weight is 288 g/mol. The molecule has 2 aliphatic rings. The predicted molar refractivity (Wildman–Crippen MR) is 85.4 cm³/mol. The molecule has 1 fully saturated rings. The van der Waals surface area contributed by atoms with Gasteiger partial charge in [-0.3, -0.25) is 5.26 Å². The summed E-state index contributed by atoms with van der Waals surface area (Å²) >= 11 is 0. The highest BCUT2D eigenvalue weighted by atomic mass is 17.1. The van der Waals surface area contributed by atoms with Crippen LogP contribution in [0.3, 0.4) is 0 Å². The molecule has 0 radical (unpaired) electrons. The molecule has 3 unspecified atom stereocenters. The first-order valence-electron chi connectivity index (χ1n) is 8.35. The molecular weight excluding hydrogens is 260 g/mol. The van der Waals surface area contributed by atoms with E-state index < -0.39 is 5.60 Å². The Bertz CT molecular complexity index is 534. The fraction of sp³-hybridized carbons (Fsp3) is 0.684. The van der Waals surface area contributed by atoms with Gasteiger partial charge in [0.05, 0.1) is 0 Å². The molecule has 1 aromatic rings. The Morgan fingerprint density at radius 3 is 2.76 bits per heavy atom. The standard InChI is InChI=1S/C19H28O2/c1-13-6-5-11-19(4)16(13)9-7-14-12-15(8-10-17(14)19)18(2,3)21-20/h8,10,12-13,16,20H,5-7,9,11H2,1-4H3. The van der Waals surface area contributed by atoms with Crippen molar-refractivity contribution in [2.75, 3.05) is 0 Å². The molecule has 0 spiro atoms. The number of rotatable bonds is 2. The van der Waals surface area contributed by atoms with Gasteiger partial charge in [0, 0.05) is 0 Å². The Labute approximate surface area is 128 Å². The van der Waals surface area contributed by atoms with Crippen LogP contribution in [0.5, 0.6) is 0 Å². The lowest BCUT2D eigenvalue weighted by Gasteiger charge is -2.49. The van der Waals surface area contributed by atoms with Gasteiger partial charge in [0.25, 0.3) is 0 Å². The van der Waals surface area contributed by atoms with Crippen LogP contribution in [0.15, 0.2) is 18.2 Å². The minimum atomic E-state index is -0.632. The molecule has 3 atom stereocenters. The van der Waals surface area contributed by atoms with Gasteiger partial charge in [0.15, 0.2) is 0 Å². The van der Waals surface area contributed by atoms with Crippen molar-refractivity contribution < 1.29 is 10.1 Å². The maximum Gasteiger partial charge on any atom is 0.123 e. The fourth-order valence-corrected chi connectivity index (χ4v) is 4.84. The minimum absolute atomic E-state index is 0.341. The molecule has 3 rings (SSSR count). The zero-order valence-corrected chi connectivity index (χ0v) is 13.8. The second-order valence-corrected chi connectivity index (χ2v) is 7.91. The van der Waals surface area contributed by atoms with Gasteiger partial charge >= 0.3 is 0 Å². The first kappa shape index (κ1) is 15.1. The van der Waals surface area contributed by atoms with Crippen molar-refractivity contribution in [1.82, 2.24) is 0 Å². The summed E-state index contributed by atoms with van der Waals surface area (Å²) in [5.74, 6) is 1.67. The monoisotopic (exact) mass is 288 g/mol. The second-order valence-electron chi connectivity index (χ2n) is 7.91. The van der Waals surface area contributed by atoms with E-state index in [0.717, 1.165) is 23.8 Å². The van der Waals surface area contributed by atoms with Crippen molar-refractivity contribution in [3.05, 3.63) is 34.9 Å². The van der Waals surface area contributed by atoms with E-state index in [-0.39, 0.29) is 0 Å². The van der Waals surface area contributed by atoms with Crippen molar-refractivity contribution in [3.63, 3.8) is 0 Å². The number of benzene rings is 1. The first-order valence-corrected chi connectivity index (χ1v) is 8.35. The van der Waals surface area contributed by atoms with Crippen LogP contribution in [-0.4, -0.2) is 5.26 Å². The Morgan fingerprint density at radius 1 is 1.29 bits per heavy atom. The number of aryl methyl sites for hydroxylation is 1. The van der Waals surface area contributed by atoms with Crippen LogP contribution in [0.4, 0.5) is 0 Å². The Balaban J connectivity index is 2.03. The van der Waals surface area contributed by atoms with Gasteiger partial charge in [-0.05, 0) is 67.1 Å². The highest BCUT2D eigenvalue weighted by molar-refractivity contribution is 5.42. The lowest BCUT2D eigenvalue weighted by atomic mass is 9.55. The molecule has 2 heteroatoms. The molecule has 116 valence electrons. The van der Waals surface area contributed by atoms with Gasteiger partial charge in [0.1, 0.15) is 5.60 Å². The van der Waals surface area contributed by atoms with Crippen molar-refractivity contribution >= 4 is 0 Å². The molecule has 0 aliphatic heterocycles. The molecule has 1 saturated carbocycles. The number of hydrogen-bond donors (Lipinski definition) is 1. The quantitative estimate of drug-likeness (QED) is 0.609. The minimum Gasteiger partial charge on any atom is -0.251 e. The highest BCUT2D eigenvalue weighted by Crippen LogP contribution is 2.52. The van der Waals surface area contributed by atoms with Crippen molar-refractivity contribution in [3.8, 4) is 0 Å². The lowest BCUT2D eigenvalue weighted by Crippen LogP contribution is -2.43. The summed E-state index contributed by atoms with van der Waals surface area (Å²) in [7, 11) is 0. The molecule has 0 saturated heterocycles. The maximum absolute atomic E-state index is 9.12. The van der Waals surface area contributed by atoms with Crippen LogP contribution in [0.25, 0.3) is 0 Å². The van der Waals surface area contributed by atoms with E-state index in [2.05, 4.69) is 36.9 Å². The van der Waals surface area contributed by atoms with Crippen LogP contribution in [0.1, 0.15) is 70.1 Å². The molecule has 2 nitrogen and oxygen atoms in total. The average Bonchev–Trinajstić information content (AvgIpc) is 2.46. The second kappa shape index (κ2) is 5.10. The summed E-state index contributed by atoms with van der Waals surface area (Å²) in [6, 6.07) is 6.70. The molecule has 1 N–H and O–H groups in total. The molecule has 1 aromatic carbocycles. The van der Waals surface area contributed by atoms with Crippen LogP contribution < -0.4 is 0 Å². The summed E-state index contributed by atoms with van der Waals surface area (Å²) in [6.07, 6.45) is 6.51. The third-order valence-electron chi connectivity index (χ3n) is 6.23. The molecule has 0 amide bonds. The number of hydrogen-bond acceptors (Lipinski definition) is 2. The molecule has 0 heterocycles. The van der Waals surface area contributed by atoms with Crippen LogP contribution in [-0.2, 0) is 22.3 Å². The van der Waals surface area contributed by atoms with Crippen molar-refractivity contribution in [2.45, 2.75) is 70.8 Å². The molecule has 21 heavy (non-hydrogen) atoms. The van der Waals surface area contributed by atoms with Gasteiger partial charge < -0.3 is 0 Å². The van der Waals surface area contributed by atoms with Crippen LogP contribution >= 0.6 is 0 Å². The van der Waals surface area contributed by atoms with Gasteiger partial charge in [-0.1, -0.05) is 44.9 Å². The van der Waals surface area contributed by atoms with E-state index in [9.17, 15) is 0 Å². The molecule has 0 bridgehead atoms. The molecular formula is C19H28O2. The largest absolute Gasteiger partial charge is 0.251 e. The normalized spacial score (nSPS) is 32.4. The van der Waals surface area contributed by atoms with E-state index in [0.29, 0.717) is 5.41 Å². The van der Waals surface area contributed by atoms with Crippen molar-refractivity contribution in [2.24, 2.45) is 11.8 Å². The van der Waals surface area contributed by atoms with Gasteiger partial charge in [-0.2, -0.15) is 0 Å². The van der Waals surface area contributed by atoms with Crippen LogP contribution in [0, 0.1) is 11.8 Å². The Hall–Kier alpha value is -0.860. The zero-order chi connectivity index (χ0) is 15.3. The Morgan fingerprint density at radius 2 is 2.05 bits per heavy atom. The fourth-order valence-electron chi connectivity index (χ4n) is 4.84. The van der Waals surface area contributed by atoms with E-state index in [1.54, 1.807) is 5.56 Å². The highest BCUT2D eigenvalue weighted by Gasteiger charge is 2.44. The Kier molecular flexibility index (Phi) is 3.66. The van der Waals surface area contributed by atoms with E-state index in [1.807, 2.05) is 13.8 Å². The molecule has 2 aliphatic carbocycles. The van der Waals surface area contributed by atoms with Crippen molar-refractivity contribution in [1.29, 1.82) is 0 Å². The van der Waals surface area contributed by atoms with E-state index >= 15 is 0 Å². The summed E-state index contributed by atoms with van der Waals surface area (Å²) in [5.41, 5.74) is 3.78. The van der Waals surface area contributed by atoms with Gasteiger partial charge in [-0.25, -0.2) is 4.89 Å². The lowest BCUT2D eigenvalue weighted by molar-refractivity contribution is -0.318. The third-order valence-corrected chi connectivity index (χ3v) is 6.23. The summed E-state index contributed by atoms with van der Waals surface area (Å²) < 4.78 is 0. The smallest absolute Gasteiger partial charge is 0.123 e. The SMILES string of the molecule is CC1CCCC2(C)c3ccc(C(C)(C)OO)cc3CCC12. The van der Waals surface area contributed by atoms with Crippen LogP contribution in [0.2, 0.25) is 0 Å². The predicted octanol–water partition coefficient (Wildman–Crippen LogP) is 5.05. The van der Waals surface area contributed by atoms with E-state index in [4.69, 9.17) is 5.26 Å². The van der Waals surface area contributed by atoms with Gasteiger partial charge in [0.2, 0.25) is 0 Å². The summed E-state index contributed by atoms with van der Waals surface area (Å²) in [5, 5.41) is 9.12. The summed E-state index contributed by atoms with van der Waals surface area (Å²) in [6.45, 7) is 8.72. The summed E-state index contributed by atoms with van der Waals surface area (Å²) in [4.78, 5) is 4.66. The molecule has 0 aromatic heterocycles. The maximum atomic E-state index is 9.12. The topological polar surface area (TPSA) is 29.5 Å². The number of fused-ring (bicyclic) bond motifs is 3. The first-order chi connectivity index (χ1) is 9.88.